The quantitative estimate of drug-likeness (QED) is 0.601. The Labute approximate surface area is 148 Å². The number of nitrogens with zero attached hydrogens (tertiary/aromatic N) is 3. The van der Waals surface area contributed by atoms with E-state index in [1.165, 1.54) is 11.3 Å². The molecule has 0 saturated carbocycles. The van der Waals surface area contributed by atoms with Gasteiger partial charge in [-0.15, -0.1) is 11.3 Å². The molecular formula is C19H14N4OS. The zero-order valence-electron chi connectivity index (χ0n) is 13.2. The molecule has 2 aromatic heterocycles. The molecule has 0 radical (unpaired) electrons. The molecule has 1 amide bonds. The number of aromatic nitrogens is 3. The Morgan fingerprint density at radius 2 is 1.96 bits per heavy atom. The number of hydrogen-bond donors (Lipinski definition) is 1. The average molecular weight is 346 g/mol. The summed E-state index contributed by atoms with van der Waals surface area (Å²) in [6.45, 7) is 0. The van der Waals surface area contributed by atoms with Crippen LogP contribution in [0.4, 0.5) is 5.69 Å². The fourth-order valence-electron chi connectivity index (χ4n) is 2.44. The highest BCUT2D eigenvalue weighted by Crippen LogP contribution is 2.24. The smallest absolute Gasteiger partial charge is 0.275 e. The maximum atomic E-state index is 12.5. The molecule has 4 aromatic rings. The van der Waals surface area contributed by atoms with Gasteiger partial charge in [-0.2, -0.15) is 0 Å². The van der Waals surface area contributed by atoms with Gasteiger partial charge in [0.15, 0.2) is 0 Å². The van der Waals surface area contributed by atoms with Crippen molar-refractivity contribution in [3.05, 3.63) is 84.4 Å². The van der Waals surface area contributed by atoms with Crippen LogP contribution in [-0.4, -0.2) is 20.4 Å². The number of nitrogens with one attached hydrogen (secondary N) is 1. The van der Waals surface area contributed by atoms with Crippen molar-refractivity contribution in [1.29, 1.82) is 0 Å². The fraction of sp³-hybridized carbons (Fsp3) is 0. The Morgan fingerprint density at radius 1 is 1.08 bits per heavy atom. The zero-order valence-corrected chi connectivity index (χ0v) is 14.0. The molecule has 0 aliphatic heterocycles. The van der Waals surface area contributed by atoms with Crippen LogP contribution >= 0.6 is 11.3 Å². The molecule has 0 atom stereocenters. The molecule has 1 N–H and O–H groups in total. The van der Waals surface area contributed by atoms with Gasteiger partial charge in [-0.1, -0.05) is 36.4 Å². The van der Waals surface area contributed by atoms with Crippen LogP contribution in [0.2, 0.25) is 0 Å². The van der Waals surface area contributed by atoms with Crippen molar-refractivity contribution in [2.45, 2.75) is 0 Å². The monoisotopic (exact) mass is 346 g/mol. The second kappa shape index (κ2) is 6.70. The third kappa shape index (κ3) is 3.34. The Hall–Kier alpha value is -3.25. The molecule has 6 heteroatoms. The van der Waals surface area contributed by atoms with Crippen molar-refractivity contribution in [3.8, 4) is 16.3 Å². The molecule has 4 rings (SSSR count). The molecule has 0 aliphatic carbocycles. The summed E-state index contributed by atoms with van der Waals surface area (Å²) in [5.41, 5.74) is 3.06. The number of carbonyl (C=O) groups excluding carboxylic acids is 1. The van der Waals surface area contributed by atoms with Crippen molar-refractivity contribution in [2.75, 3.05) is 5.32 Å². The van der Waals surface area contributed by atoms with Gasteiger partial charge >= 0.3 is 0 Å². The number of carbonyl (C=O) groups is 1. The molecule has 2 aromatic carbocycles. The lowest BCUT2D eigenvalue weighted by molar-refractivity contribution is 0.102. The lowest BCUT2D eigenvalue weighted by Gasteiger charge is -2.07. The molecule has 0 unspecified atom stereocenters. The third-order valence-corrected chi connectivity index (χ3v) is 4.56. The fourth-order valence-corrected chi connectivity index (χ4v) is 3.25. The highest BCUT2D eigenvalue weighted by Gasteiger charge is 2.12. The van der Waals surface area contributed by atoms with Gasteiger partial charge in [0.1, 0.15) is 10.7 Å². The molecule has 25 heavy (non-hydrogen) atoms. The van der Waals surface area contributed by atoms with E-state index in [0.29, 0.717) is 11.4 Å². The molecule has 122 valence electrons. The van der Waals surface area contributed by atoms with Gasteiger partial charge < -0.3 is 9.88 Å². The summed E-state index contributed by atoms with van der Waals surface area (Å²) >= 11 is 1.46. The maximum Gasteiger partial charge on any atom is 0.275 e. The van der Waals surface area contributed by atoms with Crippen LogP contribution in [0.25, 0.3) is 16.3 Å². The lowest BCUT2D eigenvalue weighted by atomic mass is 10.2. The summed E-state index contributed by atoms with van der Waals surface area (Å²) in [5, 5.41) is 5.50. The first kappa shape index (κ1) is 15.3. The van der Waals surface area contributed by atoms with Gasteiger partial charge in [0, 0.05) is 34.7 Å². The number of rotatable bonds is 4. The first-order chi connectivity index (χ1) is 12.3. The number of amides is 1. The zero-order chi connectivity index (χ0) is 17.1. The van der Waals surface area contributed by atoms with Crippen LogP contribution in [0, 0.1) is 0 Å². The molecule has 2 heterocycles. The van der Waals surface area contributed by atoms with E-state index < -0.39 is 0 Å². The van der Waals surface area contributed by atoms with E-state index in [4.69, 9.17) is 0 Å². The van der Waals surface area contributed by atoms with Gasteiger partial charge in [-0.3, -0.25) is 4.79 Å². The van der Waals surface area contributed by atoms with Crippen molar-refractivity contribution in [3.63, 3.8) is 0 Å². The summed E-state index contributed by atoms with van der Waals surface area (Å²) in [7, 11) is 0. The van der Waals surface area contributed by atoms with Crippen LogP contribution < -0.4 is 5.32 Å². The van der Waals surface area contributed by atoms with E-state index in [2.05, 4.69) is 15.3 Å². The molecule has 0 fully saturated rings. The second-order valence-corrected chi connectivity index (χ2v) is 6.24. The third-order valence-electron chi connectivity index (χ3n) is 3.66. The minimum atomic E-state index is -0.221. The molecule has 0 bridgehead atoms. The van der Waals surface area contributed by atoms with Crippen LogP contribution in [0.15, 0.2) is 78.7 Å². The summed E-state index contributed by atoms with van der Waals surface area (Å²) in [6, 6.07) is 17.4. The number of thiazole rings is 1. The summed E-state index contributed by atoms with van der Waals surface area (Å²) in [5.74, 6) is -0.221. The van der Waals surface area contributed by atoms with E-state index in [9.17, 15) is 4.79 Å². The summed E-state index contributed by atoms with van der Waals surface area (Å²) in [4.78, 5) is 20.9. The predicted molar refractivity (Wildman–Crippen MR) is 99.1 cm³/mol. The van der Waals surface area contributed by atoms with E-state index in [1.54, 1.807) is 17.9 Å². The molecule has 0 aliphatic rings. The van der Waals surface area contributed by atoms with Crippen molar-refractivity contribution in [1.82, 2.24) is 14.5 Å². The maximum absolute atomic E-state index is 12.5. The second-order valence-electron chi connectivity index (χ2n) is 5.38. The van der Waals surface area contributed by atoms with Crippen molar-refractivity contribution >= 4 is 22.9 Å². The normalized spacial score (nSPS) is 10.6. The van der Waals surface area contributed by atoms with Gasteiger partial charge in [-0.25, -0.2) is 9.97 Å². The summed E-state index contributed by atoms with van der Waals surface area (Å²) in [6.07, 6.45) is 5.28. The standard InChI is InChI=1S/C19H14N4OS/c24-18(17-12-25-19(22-17)14-5-2-1-3-6-14)21-15-7-4-8-16(11-15)23-10-9-20-13-23/h1-13H,(H,21,24). The highest BCUT2D eigenvalue weighted by atomic mass is 32.1. The Balaban J connectivity index is 1.53. The predicted octanol–water partition coefficient (Wildman–Crippen LogP) is 4.25. The van der Waals surface area contributed by atoms with E-state index in [1.807, 2.05) is 65.4 Å². The van der Waals surface area contributed by atoms with Crippen LogP contribution in [0.5, 0.6) is 0 Å². The van der Waals surface area contributed by atoms with Crippen LogP contribution in [-0.2, 0) is 0 Å². The SMILES string of the molecule is O=C(Nc1cccc(-n2ccnc2)c1)c1csc(-c2ccccc2)n1. The Kier molecular flexibility index (Phi) is 4.10. The van der Waals surface area contributed by atoms with Crippen molar-refractivity contribution < 1.29 is 4.79 Å². The average Bonchev–Trinajstić information content (AvgIpc) is 3.35. The van der Waals surface area contributed by atoms with Crippen molar-refractivity contribution in [2.24, 2.45) is 0 Å². The molecule has 0 spiro atoms. The molecular weight excluding hydrogens is 332 g/mol. The lowest BCUT2D eigenvalue weighted by Crippen LogP contribution is -2.12. The van der Waals surface area contributed by atoms with Gasteiger partial charge in [0.25, 0.3) is 5.91 Å². The van der Waals surface area contributed by atoms with Crippen LogP contribution in [0.1, 0.15) is 10.5 Å². The Morgan fingerprint density at radius 3 is 2.76 bits per heavy atom. The first-order valence-corrected chi connectivity index (χ1v) is 8.58. The minimum Gasteiger partial charge on any atom is -0.321 e. The topological polar surface area (TPSA) is 59.8 Å². The van der Waals surface area contributed by atoms with Gasteiger partial charge in [-0.05, 0) is 18.2 Å². The van der Waals surface area contributed by atoms with Crippen LogP contribution in [0.3, 0.4) is 0 Å². The Bertz CT molecular complexity index is 993. The first-order valence-electron chi connectivity index (χ1n) is 7.70. The number of hydrogen-bond acceptors (Lipinski definition) is 4. The molecule has 0 saturated heterocycles. The number of benzene rings is 2. The minimum absolute atomic E-state index is 0.221. The highest BCUT2D eigenvalue weighted by molar-refractivity contribution is 7.13. The van der Waals surface area contributed by atoms with E-state index in [-0.39, 0.29) is 5.91 Å². The largest absolute Gasteiger partial charge is 0.321 e. The number of anilines is 1. The van der Waals surface area contributed by atoms with E-state index in [0.717, 1.165) is 16.3 Å². The van der Waals surface area contributed by atoms with Gasteiger partial charge in [0.2, 0.25) is 0 Å². The summed E-state index contributed by atoms with van der Waals surface area (Å²) < 4.78 is 1.88. The van der Waals surface area contributed by atoms with E-state index >= 15 is 0 Å². The number of imidazole rings is 1. The molecule has 5 nitrogen and oxygen atoms in total. The van der Waals surface area contributed by atoms with Gasteiger partial charge in [0.05, 0.1) is 6.33 Å².